The van der Waals surface area contributed by atoms with Gasteiger partial charge in [0, 0.05) is 26.2 Å². The fourth-order valence-electron chi connectivity index (χ4n) is 2.36. The summed E-state index contributed by atoms with van der Waals surface area (Å²) < 4.78 is 5.21. The Morgan fingerprint density at radius 3 is 2.94 bits per heavy atom. The Bertz CT molecular complexity index is 427. The molecular formula is C11H17N5O2. The number of anilines is 1. The summed E-state index contributed by atoms with van der Waals surface area (Å²) in [5.74, 6) is 1.17. The molecule has 0 saturated carbocycles. The van der Waals surface area contributed by atoms with Crippen LogP contribution in [0.4, 0.5) is 5.95 Å². The number of nitrogens with one attached hydrogen (secondary N) is 2. The van der Waals surface area contributed by atoms with Crippen molar-refractivity contribution < 1.29 is 9.32 Å². The van der Waals surface area contributed by atoms with Crippen LogP contribution in [0.25, 0.3) is 0 Å². The highest BCUT2D eigenvalue weighted by atomic mass is 16.5. The van der Waals surface area contributed by atoms with E-state index in [9.17, 15) is 4.79 Å². The van der Waals surface area contributed by atoms with E-state index in [1.807, 2.05) is 0 Å². The number of amides is 1. The normalized spacial score (nSPS) is 24.3. The highest BCUT2D eigenvalue weighted by Gasteiger charge is 2.25. The number of hydrogen-bond donors (Lipinski definition) is 2. The highest BCUT2D eigenvalue weighted by molar-refractivity contribution is 5.82. The maximum absolute atomic E-state index is 11.6. The third-order valence-corrected chi connectivity index (χ3v) is 3.36. The van der Waals surface area contributed by atoms with Gasteiger partial charge in [-0.2, -0.15) is 4.98 Å². The molecule has 1 atom stereocenters. The standard InChI is InChI=1S/C11H17N5O2/c17-10-8(12-3-4-13-10)7-9-14-11(15-18-9)16-5-1-2-6-16/h8,12H,1-7H2,(H,13,17). The first-order chi connectivity index (χ1) is 8.83. The van der Waals surface area contributed by atoms with Crippen molar-refractivity contribution in [3.05, 3.63) is 5.89 Å². The summed E-state index contributed by atoms with van der Waals surface area (Å²) in [7, 11) is 0. The number of carbonyl (C=O) groups excluding carboxylic acids is 1. The van der Waals surface area contributed by atoms with E-state index in [0.717, 1.165) is 19.6 Å². The van der Waals surface area contributed by atoms with Crippen molar-refractivity contribution in [3.8, 4) is 0 Å². The predicted octanol–water partition coefficient (Wildman–Crippen LogP) is -0.700. The van der Waals surface area contributed by atoms with E-state index < -0.39 is 0 Å². The van der Waals surface area contributed by atoms with Crippen LogP contribution in [0.5, 0.6) is 0 Å². The fourth-order valence-corrected chi connectivity index (χ4v) is 2.36. The van der Waals surface area contributed by atoms with Gasteiger partial charge >= 0.3 is 0 Å². The van der Waals surface area contributed by atoms with E-state index >= 15 is 0 Å². The molecule has 2 aliphatic heterocycles. The molecule has 0 bridgehead atoms. The van der Waals surface area contributed by atoms with Crippen LogP contribution in [0.15, 0.2) is 4.52 Å². The zero-order valence-corrected chi connectivity index (χ0v) is 10.2. The van der Waals surface area contributed by atoms with Crippen LogP contribution in [-0.2, 0) is 11.2 Å². The average molecular weight is 251 g/mol. The Balaban J connectivity index is 1.64. The molecule has 1 aromatic rings. The lowest BCUT2D eigenvalue weighted by molar-refractivity contribution is -0.124. The summed E-state index contributed by atoms with van der Waals surface area (Å²) in [6, 6.07) is -0.259. The van der Waals surface area contributed by atoms with Crippen molar-refractivity contribution in [3.63, 3.8) is 0 Å². The maximum atomic E-state index is 11.6. The number of hydrogen-bond acceptors (Lipinski definition) is 6. The second-order valence-electron chi connectivity index (χ2n) is 4.68. The van der Waals surface area contributed by atoms with E-state index in [0.29, 0.717) is 24.8 Å². The first-order valence-corrected chi connectivity index (χ1v) is 6.41. The molecule has 1 unspecified atom stereocenters. The summed E-state index contributed by atoms with van der Waals surface area (Å²) in [6.45, 7) is 3.43. The van der Waals surface area contributed by atoms with Crippen molar-refractivity contribution in [2.24, 2.45) is 0 Å². The zero-order chi connectivity index (χ0) is 12.4. The van der Waals surface area contributed by atoms with Crippen LogP contribution in [0, 0.1) is 0 Å². The van der Waals surface area contributed by atoms with Crippen molar-refractivity contribution >= 4 is 11.9 Å². The van der Waals surface area contributed by atoms with Gasteiger partial charge in [0.05, 0.1) is 12.5 Å². The Kier molecular flexibility index (Phi) is 3.14. The van der Waals surface area contributed by atoms with Crippen LogP contribution in [0.1, 0.15) is 18.7 Å². The van der Waals surface area contributed by atoms with Crippen molar-refractivity contribution in [1.29, 1.82) is 0 Å². The molecule has 3 rings (SSSR count). The molecule has 0 spiro atoms. The minimum Gasteiger partial charge on any atom is -0.353 e. The van der Waals surface area contributed by atoms with Gasteiger partial charge < -0.3 is 20.1 Å². The van der Waals surface area contributed by atoms with E-state index in [-0.39, 0.29) is 11.9 Å². The van der Waals surface area contributed by atoms with Crippen LogP contribution in [0.2, 0.25) is 0 Å². The molecular weight excluding hydrogens is 234 g/mol. The van der Waals surface area contributed by atoms with Gasteiger partial charge in [-0.25, -0.2) is 0 Å². The fraction of sp³-hybridized carbons (Fsp3) is 0.727. The van der Waals surface area contributed by atoms with Crippen molar-refractivity contribution in [1.82, 2.24) is 20.8 Å². The van der Waals surface area contributed by atoms with Crippen LogP contribution in [-0.4, -0.2) is 48.3 Å². The summed E-state index contributed by atoms with van der Waals surface area (Å²) in [5.41, 5.74) is 0. The molecule has 0 aromatic carbocycles. The first kappa shape index (κ1) is 11.5. The summed E-state index contributed by atoms with van der Waals surface area (Å²) in [5, 5.41) is 9.92. The smallest absolute Gasteiger partial charge is 0.266 e. The Hall–Kier alpha value is -1.63. The predicted molar refractivity (Wildman–Crippen MR) is 64.2 cm³/mol. The second-order valence-corrected chi connectivity index (χ2v) is 4.68. The third kappa shape index (κ3) is 2.31. The lowest BCUT2D eigenvalue weighted by Gasteiger charge is -2.21. The average Bonchev–Trinajstić information content (AvgIpc) is 3.02. The van der Waals surface area contributed by atoms with E-state index in [2.05, 4.69) is 25.7 Å². The van der Waals surface area contributed by atoms with Gasteiger partial charge in [-0.1, -0.05) is 0 Å². The first-order valence-electron chi connectivity index (χ1n) is 6.41. The van der Waals surface area contributed by atoms with Gasteiger partial charge in [0.1, 0.15) is 0 Å². The maximum Gasteiger partial charge on any atom is 0.266 e. The molecule has 2 N–H and O–H groups in total. The SMILES string of the molecule is O=C1NCCNC1Cc1nc(N2CCCC2)no1. The molecule has 98 valence electrons. The van der Waals surface area contributed by atoms with Gasteiger partial charge in [0.2, 0.25) is 11.8 Å². The molecule has 18 heavy (non-hydrogen) atoms. The molecule has 1 amide bonds. The molecule has 7 heteroatoms. The molecule has 0 aliphatic carbocycles. The minimum absolute atomic E-state index is 0.00201. The molecule has 3 heterocycles. The van der Waals surface area contributed by atoms with Crippen LogP contribution in [0.3, 0.4) is 0 Å². The highest BCUT2D eigenvalue weighted by Crippen LogP contribution is 2.16. The molecule has 2 aliphatic rings. The number of piperazine rings is 1. The van der Waals surface area contributed by atoms with Gasteiger partial charge in [0.15, 0.2) is 0 Å². The van der Waals surface area contributed by atoms with Crippen LogP contribution >= 0.6 is 0 Å². The lowest BCUT2D eigenvalue weighted by Crippen LogP contribution is -2.53. The van der Waals surface area contributed by atoms with Gasteiger partial charge in [-0.15, -0.1) is 0 Å². The molecule has 2 fully saturated rings. The molecule has 7 nitrogen and oxygen atoms in total. The van der Waals surface area contributed by atoms with Gasteiger partial charge in [-0.3, -0.25) is 4.79 Å². The van der Waals surface area contributed by atoms with Gasteiger partial charge in [-0.05, 0) is 18.0 Å². The van der Waals surface area contributed by atoms with Crippen molar-refractivity contribution in [2.75, 3.05) is 31.1 Å². The van der Waals surface area contributed by atoms with E-state index in [1.165, 1.54) is 12.8 Å². The number of nitrogens with zero attached hydrogens (tertiary/aromatic N) is 3. The Morgan fingerprint density at radius 2 is 2.17 bits per heavy atom. The molecule has 2 saturated heterocycles. The number of carbonyl (C=O) groups is 1. The monoisotopic (exact) mass is 251 g/mol. The quantitative estimate of drug-likeness (QED) is 0.739. The Labute approximate surface area is 105 Å². The second kappa shape index (κ2) is 4.93. The summed E-state index contributed by atoms with van der Waals surface area (Å²) in [4.78, 5) is 18.0. The largest absolute Gasteiger partial charge is 0.353 e. The number of aromatic nitrogens is 2. The van der Waals surface area contributed by atoms with Crippen molar-refractivity contribution in [2.45, 2.75) is 25.3 Å². The molecule has 1 aromatic heterocycles. The number of rotatable bonds is 3. The van der Waals surface area contributed by atoms with E-state index in [1.54, 1.807) is 0 Å². The van der Waals surface area contributed by atoms with Gasteiger partial charge in [0.25, 0.3) is 5.95 Å². The summed E-state index contributed by atoms with van der Waals surface area (Å²) in [6.07, 6.45) is 2.81. The topological polar surface area (TPSA) is 83.3 Å². The Morgan fingerprint density at radius 1 is 1.33 bits per heavy atom. The zero-order valence-electron chi connectivity index (χ0n) is 10.2. The van der Waals surface area contributed by atoms with E-state index in [4.69, 9.17) is 4.52 Å². The lowest BCUT2D eigenvalue weighted by atomic mass is 10.1. The third-order valence-electron chi connectivity index (χ3n) is 3.36. The summed E-state index contributed by atoms with van der Waals surface area (Å²) >= 11 is 0. The van der Waals surface area contributed by atoms with Crippen LogP contribution < -0.4 is 15.5 Å². The molecule has 0 radical (unpaired) electrons. The minimum atomic E-state index is -0.259.